The van der Waals surface area contributed by atoms with Crippen LogP contribution >= 0.6 is 0 Å². The van der Waals surface area contributed by atoms with Crippen LogP contribution in [0.4, 0.5) is 0 Å². The van der Waals surface area contributed by atoms with Crippen molar-refractivity contribution in [3.63, 3.8) is 0 Å². The Morgan fingerprint density at radius 1 is 1.50 bits per heavy atom. The van der Waals surface area contributed by atoms with Gasteiger partial charge >= 0.3 is 5.97 Å². The molecule has 0 aromatic heterocycles. The van der Waals surface area contributed by atoms with Crippen molar-refractivity contribution in [1.29, 1.82) is 0 Å². The zero-order valence-corrected chi connectivity index (χ0v) is 8.57. The zero-order chi connectivity index (χ0) is 10.4. The summed E-state index contributed by atoms with van der Waals surface area (Å²) in [6.07, 6.45) is 2.95. The summed E-state index contributed by atoms with van der Waals surface area (Å²) in [7, 11) is 0. The fourth-order valence-electron chi connectivity index (χ4n) is 1.69. The number of hydrogen-bond donors (Lipinski definition) is 1. The van der Waals surface area contributed by atoms with Crippen LogP contribution in [0.3, 0.4) is 0 Å². The third-order valence-corrected chi connectivity index (χ3v) is 2.35. The smallest absolute Gasteiger partial charge is 0.308 e. The molecular formula is C10H18O4. The Morgan fingerprint density at radius 3 is 2.86 bits per heavy atom. The molecule has 0 amide bonds. The highest BCUT2D eigenvalue weighted by Crippen LogP contribution is 2.24. The molecule has 82 valence electrons. The van der Waals surface area contributed by atoms with E-state index in [0.29, 0.717) is 19.4 Å². The van der Waals surface area contributed by atoms with E-state index in [1.165, 1.54) is 0 Å². The standard InChI is InChI=1S/C10H18O4/c1-2-13-10(12)7-9-4-3-8(14-9)5-6-11/h8-9,11H,2-7H2,1H3. The average molecular weight is 202 g/mol. The van der Waals surface area contributed by atoms with E-state index in [-0.39, 0.29) is 24.8 Å². The van der Waals surface area contributed by atoms with Crippen LogP contribution in [-0.4, -0.2) is 36.5 Å². The molecule has 2 atom stereocenters. The third kappa shape index (κ3) is 3.64. The molecule has 1 aliphatic rings. The second kappa shape index (κ2) is 5.98. The minimum absolute atomic E-state index is 0.00870. The molecule has 1 rings (SSSR count). The topological polar surface area (TPSA) is 55.8 Å². The van der Waals surface area contributed by atoms with Gasteiger partial charge in [0.15, 0.2) is 0 Å². The predicted octanol–water partition coefficient (Wildman–Crippen LogP) is 0.870. The van der Waals surface area contributed by atoms with Gasteiger partial charge in [0.25, 0.3) is 0 Å². The van der Waals surface area contributed by atoms with Crippen LogP contribution in [-0.2, 0) is 14.3 Å². The molecule has 2 unspecified atom stereocenters. The number of carbonyl (C=O) groups is 1. The number of carbonyl (C=O) groups excluding carboxylic acids is 1. The van der Waals surface area contributed by atoms with Gasteiger partial charge in [0, 0.05) is 6.61 Å². The molecule has 4 heteroatoms. The van der Waals surface area contributed by atoms with Gasteiger partial charge in [-0.1, -0.05) is 0 Å². The SMILES string of the molecule is CCOC(=O)CC1CCC(CCO)O1. The lowest BCUT2D eigenvalue weighted by molar-refractivity contribution is -0.146. The summed E-state index contributed by atoms with van der Waals surface area (Å²) in [5, 5.41) is 8.71. The first kappa shape index (κ1) is 11.5. The van der Waals surface area contributed by atoms with Gasteiger partial charge in [0.05, 0.1) is 25.2 Å². The summed E-state index contributed by atoms with van der Waals surface area (Å²) in [6.45, 7) is 2.37. The molecule has 1 heterocycles. The molecule has 1 fully saturated rings. The largest absolute Gasteiger partial charge is 0.466 e. The fourth-order valence-corrected chi connectivity index (χ4v) is 1.69. The van der Waals surface area contributed by atoms with E-state index >= 15 is 0 Å². The van der Waals surface area contributed by atoms with Gasteiger partial charge in [0.1, 0.15) is 0 Å². The summed E-state index contributed by atoms with van der Waals surface area (Å²) in [5.74, 6) is -0.192. The predicted molar refractivity (Wildman–Crippen MR) is 50.8 cm³/mol. The highest BCUT2D eigenvalue weighted by Gasteiger charge is 2.26. The second-order valence-corrected chi connectivity index (χ2v) is 3.48. The maximum Gasteiger partial charge on any atom is 0.308 e. The van der Waals surface area contributed by atoms with Gasteiger partial charge in [-0.2, -0.15) is 0 Å². The number of aliphatic hydroxyl groups is 1. The molecule has 0 bridgehead atoms. The quantitative estimate of drug-likeness (QED) is 0.672. The first-order valence-corrected chi connectivity index (χ1v) is 5.18. The van der Waals surface area contributed by atoms with Crippen LogP contribution in [0.5, 0.6) is 0 Å². The van der Waals surface area contributed by atoms with Crippen LogP contribution in [0.1, 0.15) is 32.6 Å². The van der Waals surface area contributed by atoms with Gasteiger partial charge < -0.3 is 14.6 Å². The van der Waals surface area contributed by atoms with E-state index in [1.54, 1.807) is 6.92 Å². The molecule has 0 saturated carbocycles. The summed E-state index contributed by atoms with van der Waals surface area (Å²) < 4.78 is 10.4. The van der Waals surface area contributed by atoms with Crippen LogP contribution in [0, 0.1) is 0 Å². The lowest BCUT2D eigenvalue weighted by atomic mass is 10.1. The molecule has 1 N–H and O–H groups in total. The first-order valence-electron chi connectivity index (χ1n) is 5.18. The summed E-state index contributed by atoms with van der Waals surface area (Å²) in [5.41, 5.74) is 0. The molecule has 0 aliphatic carbocycles. The monoisotopic (exact) mass is 202 g/mol. The van der Waals surface area contributed by atoms with Gasteiger partial charge in [-0.05, 0) is 26.2 Å². The first-order chi connectivity index (χ1) is 6.76. The van der Waals surface area contributed by atoms with E-state index in [2.05, 4.69) is 0 Å². The maximum absolute atomic E-state index is 11.1. The minimum Gasteiger partial charge on any atom is -0.466 e. The van der Waals surface area contributed by atoms with Crippen LogP contribution in [0.2, 0.25) is 0 Å². The van der Waals surface area contributed by atoms with Crippen molar-refractivity contribution in [2.75, 3.05) is 13.2 Å². The van der Waals surface area contributed by atoms with Crippen LogP contribution in [0.15, 0.2) is 0 Å². The van der Waals surface area contributed by atoms with Gasteiger partial charge in [-0.3, -0.25) is 4.79 Å². The van der Waals surface area contributed by atoms with Crippen molar-refractivity contribution < 1.29 is 19.4 Å². The van der Waals surface area contributed by atoms with E-state index in [9.17, 15) is 4.79 Å². The van der Waals surface area contributed by atoms with Gasteiger partial charge in [0.2, 0.25) is 0 Å². The average Bonchev–Trinajstić information content (AvgIpc) is 2.53. The number of ether oxygens (including phenoxy) is 2. The molecule has 0 aromatic rings. The zero-order valence-electron chi connectivity index (χ0n) is 8.57. The lowest BCUT2D eigenvalue weighted by Crippen LogP contribution is -2.17. The Kier molecular flexibility index (Phi) is 4.90. The molecule has 0 spiro atoms. The van der Waals surface area contributed by atoms with E-state index in [1.807, 2.05) is 0 Å². The number of esters is 1. The minimum atomic E-state index is -0.192. The molecule has 1 saturated heterocycles. The molecule has 14 heavy (non-hydrogen) atoms. The van der Waals surface area contributed by atoms with Crippen molar-refractivity contribution >= 4 is 5.97 Å². The van der Waals surface area contributed by atoms with E-state index in [4.69, 9.17) is 14.6 Å². The van der Waals surface area contributed by atoms with Crippen LogP contribution < -0.4 is 0 Å². The Bertz CT molecular complexity index is 181. The molecule has 1 aliphatic heterocycles. The van der Waals surface area contributed by atoms with Crippen LogP contribution in [0.25, 0.3) is 0 Å². The Balaban J connectivity index is 2.18. The summed E-state index contributed by atoms with van der Waals surface area (Å²) in [6, 6.07) is 0. The fraction of sp³-hybridized carbons (Fsp3) is 0.900. The van der Waals surface area contributed by atoms with Crippen molar-refractivity contribution in [3.8, 4) is 0 Å². The van der Waals surface area contributed by atoms with Crippen molar-refractivity contribution in [3.05, 3.63) is 0 Å². The highest BCUT2D eigenvalue weighted by atomic mass is 16.5. The Hall–Kier alpha value is -0.610. The third-order valence-electron chi connectivity index (χ3n) is 2.35. The molecule has 4 nitrogen and oxygen atoms in total. The van der Waals surface area contributed by atoms with Gasteiger partial charge in [-0.15, -0.1) is 0 Å². The van der Waals surface area contributed by atoms with Crippen molar-refractivity contribution in [2.24, 2.45) is 0 Å². The number of rotatable bonds is 5. The molecule has 0 aromatic carbocycles. The normalized spacial score (nSPS) is 26.4. The summed E-state index contributed by atoms with van der Waals surface area (Å²) in [4.78, 5) is 11.1. The lowest BCUT2D eigenvalue weighted by Gasteiger charge is -2.11. The number of aliphatic hydroxyl groups excluding tert-OH is 1. The second-order valence-electron chi connectivity index (χ2n) is 3.48. The Morgan fingerprint density at radius 2 is 2.21 bits per heavy atom. The molecule has 0 radical (unpaired) electrons. The molecular weight excluding hydrogens is 184 g/mol. The number of hydrogen-bond acceptors (Lipinski definition) is 4. The van der Waals surface area contributed by atoms with Crippen molar-refractivity contribution in [1.82, 2.24) is 0 Å². The Labute approximate surface area is 84.2 Å². The maximum atomic E-state index is 11.1. The summed E-state index contributed by atoms with van der Waals surface area (Å²) >= 11 is 0. The highest BCUT2D eigenvalue weighted by molar-refractivity contribution is 5.69. The van der Waals surface area contributed by atoms with Crippen molar-refractivity contribution in [2.45, 2.75) is 44.8 Å². The van der Waals surface area contributed by atoms with E-state index < -0.39 is 0 Å². The van der Waals surface area contributed by atoms with E-state index in [0.717, 1.165) is 12.8 Å². The van der Waals surface area contributed by atoms with Gasteiger partial charge in [-0.25, -0.2) is 0 Å².